The number of hydrogen-bond donors (Lipinski definition) is 1. The van der Waals surface area contributed by atoms with Gasteiger partial charge in [-0.1, -0.05) is 15.9 Å². The van der Waals surface area contributed by atoms with E-state index in [1.807, 2.05) is 18.2 Å². The van der Waals surface area contributed by atoms with E-state index in [1.54, 1.807) is 0 Å². The van der Waals surface area contributed by atoms with Crippen molar-refractivity contribution in [2.75, 3.05) is 40.0 Å². The molecule has 0 bridgehead atoms. The minimum atomic E-state index is -0.377. The van der Waals surface area contributed by atoms with E-state index >= 15 is 0 Å². The zero-order valence-corrected chi connectivity index (χ0v) is 14.2. The summed E-state index contributed by atoms with van der Waals surface area (Å²) in [6.45, 7) is 4.36. The van der Waals surface area contributed by atoms with Crippen LogP contribution in [-0.2, 0) is 20.8 Å². The van der Waals surface area contributed by atoms with Crippen LogP contribution in [-0.4, -0.2) is 46.0 Å². The number of nitrogens with one attached hydrogen (secondary N) is 1. The number of morpholine rings is 1. The van der Waals surface area contributed by atoms with Crippen LogP contribution < -0.4 is 22.0 Å². The quantitative estimate of drug-likeness (QED) is 0.570. The van der Waals surface area contributed by atoms with Gasteiger partial charge in [0.1, 0.15) is 25.4 Å². The first kappa shape index (κ1) is 18.2. The molecule has 1 aromatic rings. The van der Waals surface area contributed by atoms with Crippen LogP contribution in [0.2, 0.25) is 0 Å². The van der Waals surface area contributed by atoms with Crippen molar-refractivity contribution in [2.24, 2.45) is 0 Å². The largest absolute Gasteiger partial charge is 1.00 e. The van der Waals surface area contributed by atoms with Gasteiger partial charge in [0.25, 0.3) is 0 Å². The topological polar surface area (TPSA) is 49.2 Å². The maximum atomic E-state index is 11.2. The van der Waals surface area contributed by atoms with E-state index in [-0.39, 0.29) is 25.0 Å². The van der Waals surface area contributed by atoms with E-state index in [2.05, 4.69) is 20.7 Å². The molecule has 5 nitrogen and oxygen atoms in total. The molecule has 1 N–H and O–H groups in total. The number of carbonyl (C=O) groups excluding carboxylic acids is 1. The molecule has 0 aromatic heterocycles. The van der Waals surface area contributed by atoms with Crippen LogP contribution in [0, 0.1) is 0 Å². The number of quaternary nitrogens is 1. The van der Waals surface area contributed by atoms with Crippen LogP contribution in [0.3, 0.4) is 0 Å². The average Bonchev–Trinajstić information content (AvgIpc) is 2.47. The summed E-state index contributed by atoms with van der Waals surface area (Å²) >= 11 is 3.47. The highest BCUT2D eigenvalue weighted by Gasteiger charge is 2.17. The molecule has 0 spiro atoms. The van der Waals surface area contributed by atoms with Gasteiger partial charge in [-0.25, -0.2) is 4.79 Å². The molecule has 7 heteroatoms. The molecule has 1 aliphatic rings. The Morgan fingerprint density at radius 2 is 2.10 bits per heavy atom. The summed E-state index contributed by atoms with van der Waals surface area (Å²) in [5, 5.41) is 0. The first-order valence-electron chi connectivity index (χ1n) is 6.58. The number of halogens is 2. The minimum absolute atomic E-state index is 0. The molecule has 0 aliphatic carbocycles. The summed E-state index contributed by atoms with van der Waals surface area (Å²) in [6, 6.07) is 5.82. The molecule has 21 heavy (non-hydrogen) atoms. The van der Waals surface area contributed by atoms with E-state index < -0.39 is 0 Å². The molecule has 0 atom stereocenters. The van der Waals surface area contributed by atoms with Gasteiger partial charge < -0.3 is 31.5 Å². The van der Waals surface area contributed by atoms with Crippen molar-refractivity contribution in [3.05, 3.63) is 28.2 Å². The predicted octanol–water partition coefficient (Wildman–Crippen LogP) is -2.58. The highest BCUT2D eigenvalue weighted by molar-refractivity contribution is 9.10. The molecule has 1 fully saturated rings. The second kappa shape index (κ2) is 9.25. The Bertz CT molecular complexity index is 466. The lowest BCUT2D eigenvalue weighted by molar-refractivity contribution is -0.921. The Balaban J connectivity index is 0.00000220. The second-order valence-corrected chi connectivity index (χ2v) is 5.57. The van der Waals surface area contributed by atoms with Gasteiger partial charge in [-0.05, 0) is 18.2 Å². The zero-order valence-electron chi connectivity index (χ0n) is 11.9. The first-order chi connectivity index (χ1) is 9.69. The minimum Gasteiger partial charge on any atom is -1.00 e. The standard InChI is InChI=1S/C14H18BrNO4.ClH/c1-18-14(17)10-20-13-3-2-12(15)8-11(13)9-16-4-6-19-7-5-16;/h2-3,8H,4-7,9-10H2,1H3;1H. The number of ether oxygens (including phenoxy) is 3. The van der Waals surface area contributed by atoms with Gasteiger partial charge in [0, 0.05) is 10.0 Å². The smallest absolute Gasteiger partial charge is 0.343 e. The first-order valence-corrected chi connectivity index (χ1v) is 7.37. The lowest BCUT2D eigenvalue weighted by Gasteiger charge is -2.24. The molecule has 118 valence electrons. The molecule has 1 aliphatic heterocycles. The number of methoxy groups -OCH3 is 1. The maximum absolute atomic E-state index is 11.2. The van der Waals surface area contributed by atoms with Gasteiger partial charge in [0.2, 0.25) is 0 Å². The van der Waals surface area contributed by atoms with Crippen molar-refractivity contribution in [1.29, 1.82) is 0 Å². The molecule has 0 unspecified atom stereocenters. The summed E-state index contributed by atoms with van der Waals surface area (Å²) < 4.78 is 16.5. The van der Waals surface area contributed by atoms with Gasteiger partial charge in [-0.3, -0.25) is 0 Å². The Labute approximate surface area is 139 Å². The number of carbonyl (C=O) groups is 1. The van der Waals surface area contributed by atoms with Crippen LogP contribution >= 0.6 is 15.9 Å². The third kappa shape index (κ3) is 5.82. The third-order valence-corrected chi connectivity index (χ3v) is 3.73. The van der Waals surface area contributed by atoms with E-state index in [0.29, 0.717) is 0 Å². The summed E-state index contributed by atoms with van der Waals surface area (Å²) in [5.74, 6) is 0.357. The van der Waals surface area contributed by atoms with Crippen molar-refractivity contribution in [3.8, 4) is 5.75 Å². The van der Waals surface area contributed by atoms with E-state index in [4.69, 9.17) is 9.47 Å². The fourth-order valence-electron chi connectivity index (χ4n) is 2.13. The molecule has 2 rings (SSSR count). The van der Waals surface area contributed by atoms with E-state index in [0.717, 1.165) is 48.6 Å². The van der Waals surface area contributed by atoms with Crippen LogP contribution in [0.4, 0.5) is 0 Å². The van der Waals surface area contributed by atoms with Crippen LogP contribution in [0.15, 0.2) is 22.7 Å². The van der Waals surface area contributed by atoms with E-state index in [9.17, 15) is 4.79 Å². The van der Waals surface area contributed by atoms with Crippen molar-refractivity contribution < 1.29 is 36.3 Å². The van der Waals surface area contributed by atoms with Crippen molar-refractivity contribution in [2.45, 2.75) is 6.54 Å². The Hall–Kier alpha value is -0.820. The van der Waals surface area contributed by atoms with Gasteiger partial charge in [-0.15, -0.1) is 0 Å². The number of hydrogen-bond acceptors (Lipinski definition) is 4. The summed E-state index contributed by atoms with van der Waals surface area (Å²) in [4.78, 5) is 12.6. The Morgan fingerprint density at radius 3 is 2.76 bits per heavy atom. The fourth-order valence-corrected chi connectivity index (χ4v) is 2.54. The summed E-state index contributed by atoms with van der Waals surface area (Å²) in [7, 11) is 1.35. The molecule has 0 saturated carbocycles. The average molecular weight is 381 g/mol. The molecular formula is C14H19BrClNO4. The third-order valence-electron chi connectivity index (χ3n) is 3.24. The lowest BCUT2D eigenvalue weighted by atomic mass is 10.2. The molecule has 0 amide bonds. The highest BCUT2D eigenvalue weighted by Crippen LogP contribution is 2.22. The van der Waals surface area contributed by atoms with Gasteiger partial charge in [0.05, 0.1) is 20.3 Å². The van der Waals surface area contributed by atoms with Gasteiger partial charge in [-0.2, -0.15) is 0 Å². The van der Waals surface area contributed by atoms with Gasteiger partial charge >= 0.3 is 5.97 Å². The molecular weight excluding hydrogens is 362 g/mol. The lowest BCUT2D eigenvalue weighted by Crippen LogP contribution is -3.12. The van der Waals surface area contributed by atoms with E-state index in [1.165, 1.54) is 12.0 Å². The Kier molecular flexibility index (Phi) is 8.03. The summed E-state index contributed by atoms with van der Waals surface area (Å²) in [5.41, 5.74) is 1.08. The van der Waals surface area contributed by atoms with Crippen molar-refractivity contribution in [3.63, 3.8) is 0 Å². The molecule has 1 heterocycles. The van der Waals surface area contributed by atoms with Crippen LogP contribution in [0.25, 0.3) is 0 Å². The number of rotatable bonds is 5. The SMILES string of the molecule is COC(=O)COc1ccc(Br)cc1C[NH+]1CCOCC1.[Cl-]. The maximum Gasteiger partial charge on any atom is 0.343 e. The van der Waals surface area contributed by atoms with Crippen LogP contribution in [0.1, 0.15) is 5.56 Å². The molecule has 0 radical (unpaired) electrons. The monoisotopic (exact) mass is 379 g/mol. The van der Waals surface area contributed by atoms with Crippen molar-refractivity contribution >= 4 is 21.9 Å². The molecule has 1 saturated heterocycles. The van der Waals surface area contributed by atoms with Gasteiger partial charge in [0.15, 0.2) is 6.61 Å². The second-order valence-electron chi connectivity index (χ2n) is 4.66. The van der Waals surface area contributed by atoms with Crippen LogP contribution in [0.5, 0.6) is 5.75 Å². The molecule has 1 aromatic carbocycles. The fraction of sp³-hybridized carbons (Fsp3) is 0.500. The van der Waals surface area contributed by atoms with Crippen molar-refractivity contribution in [1.82, 2.24) is 0 Å². The highest BCUT2D eigenvalue weighted by atomic mass is 79.9. The zero-order chi connectivity index (χ0) is 14.4. The Morgan fingerprint density at radius 1 is 1.38 bits per heavy atom. The number of benzene rings is 1. The number of esters is 1. The normalized spacial score (nSPS) is 15.1. The summed E-state index contributed by atoms with van der Waals surface area (Å²) in [6.07, 6.45) is 0. The predicted molar refractivity (Wildman–Crippen MR) is 76.9 cm³/mol.